The zero-order valence-corrected chi connectivity index (χ0v) is 7.53. The molecule has 5 heteroatoms. The molecule has 0 bridgehead atoms. The SMILES string of the molecule is CN(CCO)C(=O)Cc1ccn[nH]1. The van der Waals surface area contributed by atoms with Crippen LogP contribution < -0.4 is 0 Å². The van der Waals surface area contributed by atoms with Crippen molar-refractivity contribution < 1.29 is 9.90 Å². The molecular formula is C8H13N3O2. The van der Waals surface area contributed by atoms with Gasteiger partial charge in [0.15, 0.2) is 0 Å². The van der Waals surface area contributed by atoms with Crippen molar-refractivity contribution in [3.63, 3.8) is 0 Å². The Kier molecular flexibility index (Phi) is 3.45. The Morgan fingerprint density at radius 2 is 2.54 bits per heavy atom. The molecule has 1 aromatic heterocycles. The summed E-state index contributed by atoms with van der Waals surface area (Å²) in [7, 11) is 1.66. The lowest BCUT2D eigenvalue weighted by atomic mass is 10.3. The van der Waals surface area contributed by atoms with Crippen LogP contribution in [0.2, 0.25) is 0 Å². The minimum Gasteiger partial charge on any atom is -0.395 e. The number of hydrogen-bond acceptors (Lipinski definition) is 3. The highest BCUT2D eigenvalue weighted by atomic mass is 16.3. The van der Waals surface area contributed by atoms with Gasteiger partial charge in [-0.05, 0) is 6.07 Å². The smallest absolute Gasteiger partial charge is 0.228 e. The van der Waals surface area contributed by atoms with E-state index in [1.165, 1.54) is 4.90 Å². The highest BCUT2D eigenvalue weighted by Crippen LogP contribution is 1.96. The third-order valence-electron chi connectivity index (χ3n) is 1.76. The van der Waals surface area contributed by atoms with Crippen molar-refractivity contribution in [2.45, 2.75) is 6.42 Å². The summed E-state index contributed by atoms with van der Waals surface area (Å²) >= 11 is 0. The van der Waals surface area contributed by atoms with Crippen LogP contribution in [0.25, 0.3) is 0 Å². The molecule has 0 spiro atoms. The molecule has 1 heterocycles. The molecule has 1 amide bonds. The first-order chi connectivity index (χ1) is 6.24. The van der Waals surface area contributed by atoms with Crippen LogP contribution in [0.5, 0.6) is 0 Å². The Morgan fingerprint density at radius 3 is 3.08 bits per heavy atom. The van der Waals surface area contributed by atoms with E-state index in [1.807, 2.05) is 0 Å². The van der Waals surface area contributed by atoms with Gasteiger partial charge < -0.3 is 10.0 Å². The summed E-state index contributed by atoms with van der Waals surface area (Å²) in [5, 5.41) is 15.0. The summed E-state index contributed by atoms with van der Waals surface area (Å²) in [6.07, 6.45) is 1.91. The maximum atomic E-state index is 11.4. The van der Waals surface area contributed by atoms with Crippen LogP contribution in [0, 0.1) is 0 Å². The monoisotopic (exact) mass is 183 g/mol. The lowest BCUT2D eigenvalue weighted by molar-refractivity contribution is -0.129. The fraction of sp³-hybridized carbons (Fsp3) is 0.500. The minimum atomic E-state index is -0.0294. The molecule has 0 saturated carbocycles. The molecule has 72 valence electrons. The molecular weight excluding hydrogens is 170 g/mol. The summed E-state index contributed by atoms with van der Waals surface area (Å²) in [6, 6.07) is 1.75. The number of aromatic nitrogens is 2. The summed E-state index contributed by atoms with van der Waals surface area (Å²) in [5.41, 5.74) is 0.787. The quantitative estimate of drug-likeness (QED) is 0.655. The number of nitrogens with one attached hydrogen (secondary N) is 1. The molecule has 0 radical (unpaired) electrons. The predicted molar refractivity (Wildman–Crippen MR) is 47.0 cm³/mol. The number of aliphatic hydroxyl groups is 1. The Bertz CT molecular complexity index is 258. The lowest BCUT2D eigenvalue weighted by Crippen LogP contribution is -2.30. The van der Waals surface area contributed by atoms with Crippen molar-refractivity contribution in [3.8, 4) is 0 Å². The van der Waals surface area contributed by atoms with Crippen LogP contribution in [0.4, 0.5) is 0 Å². The molecule has 0 atom stereocenters. The highest BCUT2D eigenvalue weighted by molar-refractivity contribution is 5.77. The van der Waals surface area contributed by atoms with Gasteiger partial charge >= 0.3 is 0 Å². The van der Waals surface area contributed by atoms with Gasteiger partial charge in [-0.3, -0.25) is 9.89 Å². The largest absolute Gasteiger partial charge is 0.395 e. The van der Waals surface area contributed by atoms with Gasteiger partial charge in [0.1, 0.15) is 0 Å². The third kappa shape index (κ3) is 2.87. The van der Waals surface area contributed by atoms with E-state index in [1.54, 1.807) is 19.3 Å². The van der Waals surface area contributed by atoms with Crippen molar-refractivity contribution >= 4 is 5.91 Å². The van der Waals surface area contributed by atoms with E-state index in [0.29, 0.717) is 13.0 Å². The Labute approximate surface area is 76.4 Å². The molecule has 0 unspecified atom stereocenters. The molecule has 1 aromatic rings. The molecule has 0 fully saturated rings. The average Bonchev–Trinajstić information content (AvgIpc) is 2.57. The highest BCUT2D eigenvalue weighted by Gasteiger charge is 2.08. The number of likely N-dealkylation sites (N-methyl/N-ethyl adjacent to an activating group) is 1. The molecule has 0 saturated heterocycles. The molecule has 0 aliphatic carbocycles. The average molecular weight is 183 g/mol. The summed E-state index contributed by atoms with van der Waals surface area (Å²) in [4.78, 5) is 12.9. The van der Waals surface area contributed by atoms with Gasteiger partial charge in [0.05, 0.1) is 13.0 Å². The second-order valence-corrected chi connectivity index (χ2v) is 2.80. The summed E-state index contributed by atoms with van der Waals surface area (Å²) < 4.78 is 0. The first-order valence-electron chi connectivity index (χ1n) is 4.07. The van der Waals surface area contributed by atoms with E-state index in [2.05, 4.69) is 10.2 Å². The van der Waals surface area contributed by atoms with Gasteiger partial charge in [0, 0.05) is 25.5 Å². The third-order valence-corrected chi connectivity index (χ3v) is 1.76. The van der Waals surface area contributed by atoms with E-state index in [4.69, 9.17) is 5.11 Å². The van der Waals surface area contributed by atoms with Crippen molar-refractivity contribution in [1.29, 1.82) is 0 Å². The maximum absolute atomic E-state index is 11.4. The van der Waals surface area contributed by atoms with E-state index in [0.717, 1.165) is 5.69 Å². The number of carbonyl (C=O) groups is 1. The minimum absolute atomic E-state index is 0.00871. The van der Waals surface area contributed by atoms with Gasteiger partial charge in [-0.15, -0.1) is 0 Å². The van der Waals surface area contributed by atoms with Gasteiger partial charge in [0.25, 0.3) is 0 Å². The van der Waals surface area contributed by atoms with Gasteiger partial charge in [-0.2, -0.15) is 5.10 Å². The molecule has 2 N–H and O–H groups in total. The standard InChI is InChI=1S/C8H13N3O2/c1-11(4-5-12)8(13)6-7-2-3-9-10-7/h2-3,12H,4-6H2,1H3,(H,9,10). The number of aromatic amines is 1. The Morgan fingerprint density at radius 1 is 1.77 bits per heavy atom. The molecule has 0 aromatic carbocycles. The molecule has 5 nitrogen and oxygen atoms in total. The second kappa shape index (κ2) is 4.61. The summed E-state index contributed by atoms with van der Waals surface area (Å²) in [6.45, 7) is 0.359. The van der Waals surface area contributed by atoms with Crippen molar-refractivity contribution in [2.75, 3.05) is 20.2 Å². The van der Waals surface area contributed by atoms with Gasteiger partial charge in [-0.1, -0.05) is 0 Å². The van der Waals surface area contributed by atoms with Crippen LogP contribution in [0.15, 0.2) is 12.3 Å². The first kappa shape index (κ1) is 9.73. The van der Waals surface area contributed by atoms with E-state index >= 15 is 0 Å². The fourth-order valence-corrected chi connectivity index (χ4v) is 0.956. The van der Waals surface area contributed by atoms with Crippen LogP contribution in [0.1, 0.15) is 5.69 Å². The topological polar surface area (TPSA) is 69.2 Å². The first-order valence-corrected chi connectivity index (χ1v) is 4.07. The zero-order valence-electron chi connectivity index (χ0n) is 7.53. The normalized spacial score (nSPS) is 10.0. The van der Waals surface area contributed by atoms with Gasteiger partial charge in [-0.25, -0.2) is 0 Å². The fourth-order valence-electron chi connectivity index (χ4n) is 0.956. The molecule has 13 heavy (non-hydrogen) atoms. The van der Waals surface area contributed by atoms with E-state index in [-0.39, 0.29) is 12.5 Å². The number of carbonyl (C=O) groups excluding carboxylic acids is 1. The van der Waals surface area contributed by atoms with E-state index < -0.39 is 0 Å². The molecule has 0 aliphatic rings. The van der Waals surface area contributed by atoms with Crippen LogP contribution in [-0.2, 0) is 11.2 Å². The number of hydrogen-bond donors (Lipinski definition) is 2. The van der Waals surface area contributed by atoms with Crippen molar-refractivity contribution in [3.05, 3.63) is 18.0 Å². The van der Waals surface area contributed by atoms with Crippen LogP contribution in [-0.4, -0.2) is 46.3 Å². The van der Waals surface area contributed by atoms with Gasteiger partial charge in [0.2, 0.25) is 5.91 Å². The van der Waals surface area contributed by atoms with Crippen LogP contribution in [0.3, 0.4) is 0 Å². The van der Waals surface area contributed by atoms with Crippen molar-refractivity contribution in [1.82, 2.24) is 15.1 Å². The number of H-pyrrole nitrogens is 1. The van der Waals surface area contributed by atoms with Crippen LogP contribution >= 0.6 is 0 Å². The Balaban J connectivity index is 2.41. The van der Waals surface area contributed by atoms with E-state index in [9.17, 15) is 4.79 Å². The lowest BCUT2D eigenvalue weighted by Gasteiger charge is -2.14. The predicted octanol–water partition coefficient (Wildman–Crippen LogP) is -0.597. The number of rotatable bonds is 4. The number of amides is 1. The molecule has 1 rings (SSSR count). The maximum Gasteiger partial charge on any atom is 0.228 e. The molecule has 0 aliphatic heterocycles. The number of aliphatic hydroxyl groups excluding tert-OH is 1. The summed E-state index contributed by atoms with van der Waals surface area (Å²) in [5.74, 6) is -0.0294. The zero-order chi connectivity index (χ0) is 9.68. The van der Waals surface area contributed by atoms with Crippen molar-refractivity contribution in [2.24, 2.45) is 0 Å². The Hall–Kier alpha value is -1.36. The second-order valence-electron chi connectivity index (χ2n) is 2.80. The number of nitrogens with zero attached hydrogens (tertiary/aromatic N) is 2.